The van der Waals surface area contributed by atoms with Crippen molar-refractivity contribution in [1.82, 2.24) is 15.5 Å². The van der Waals surface area contributed by atoms with Crippen molar-refractivity contribution in [2.75, 3.05) is 4.90 Å². The molecule has 0 amide bonds. The number of thiocarbonyl (C=S) groups is 1. The van der Waals surface area contributed by atoms with Gasteiger partial charge < -0.3 is 9.84 Å². The number of hydrogen-bond acceptors (Lipinski definition) is 4. The Morgan fingerprint density at radius 3 is 2.49 bits per heavy atom. The van der Waals surface area contributed by atoms with Crippen LogP contribution in [-0.4, -0.2) is 15.3 Å². The standard InChI is InChI=1S/C28H25FN4OS/c1-16-7-5-8-21(13-16)26-31-27(34-32-26)24-19(4)33(23-10-6-9-22(29)15-23)28(35)30-25(24)20-12-11-17(2)18(3)14-20/h5-15,25H,1-4H3,(H,30,35). The summed E-state index contributed by atoms with van der Waals surface area (Å²) in [5.41, 5.74) is 7.59. The van der Waals surface area contributed by atoms with Crippen molar-refractivity contribution in [2.45, 2.75) is 33.7 Å². The van der Waals surface area contributed by atoms with Gasteiger partial charge in [-0.25, -0.2) is 4.39 Å². The monoisotopic (exact) mass is 484 g/mol. The Morgan fingerprint density at radius 2 is 1.74 bits per heavy atom. The number of nitrogens with zero attached hydrogens (tertiary/aromatic N) is 3. The second-order valence-corrected chi connectivity index (χ2v) is 9.22. The van der Waals surface area contributed by atoms with E-state index in [4.69, 9.17) is 21.7 Å². The molecular weight excluding hydrogens is 459 g/mol. The van der Waals surface area contributed by atoms with E-state index >= 15 is 0 Å². The number of hydrogen-bond donors (Lipinski definition) is 1. The molecule has 1 N–H and O–H groups in total. The van der Waals surface area contributed by atoms with Crippen LogP contribution in [0.2, 0.25) is 0 Å². The highest BCUT2D eigenvalue weighted by Gasteiger charge is 2.35. The van der Waals surface area contributed by atoms with Gasteiger partial charge in [0, 0.05) is 11.3 Å². The molecule has 3 aromatic carbocycles. The van der Waals surface area contributed by atoms with Crippen LogP contribution in [0.4, 0.5) is 10.1 Å². The van der Waals surface area contributed by atoms with E-state index < -0.39 is 0 Å². The molecule has 176 valence electrons. The molecule has 4 aromatic rings. The highest BCUT2D eigenvalue weighted by Crippen LogP contribution is 2.39. The minimum absolute atomic E-state index is 0.308. The largest absolute Gasteiger partial charge is 0.351 e. The van der Waals surface area contributed by atoms with E-state index in [1.807, 2.05) is 49.1 Å². The molecule has 1 atom stereocenters. The lowest BCUT2D eigenvalue weighted by molar-refractivity contribution is 0.404. The van der Waals surface area contributed by atoms with Gasteiger partial charge in [0.2, 0.25) is 5.82 Å². The van der Waals surface area contributed by atoms with Crippen LogP contribution >= 0.6 is 12.2 Å². The molecule has 1 aliphatic rings. The number of aryl methyl sites for hydroxylation is 3. The van der Waals surface area contributed by atoms with Crippen molar-refractivity contribution in [2.24, 2.45) is 0 Å². The van der Waals surface area contributed by atoms with Crippen LogP contribution < -0.4 is 10.2 Å². The van der Waals surface area contributed by atoms with Crippen molar-refractivity contribution in [3.63, 3.8) is 0 Å². The molecule has 1 aliphatic heterocycles. The summed E-state index contributed by atoms with van der Waals surface area (Å²) in [6, 6.07) is 20.3. The first-order valence-corrected chi connectivity index (χ1v) is 11.8. The average molecular weight is 485 g/mol. The Labute approximate surface area is 209 Å². The molecule has 0 saturated carbocycles. The van der Waals surface area contributed by atoms with Gasteiger partial charge in [-0.15, -0.1) is 0 Å². The Balaban J connectivity index is 1.68. The molecule has 0 saturated heterocycles. The third-order valence-corrected chi connectivity index (χ3v) is 6.65. The first-order chi connectivity index (χ1) is 16.8. The molecule has 0 radical (unpaired) electrons. The van der Waals surface area contributed by atoms with Crippen molar-refractivity contribution in [1.29, 1.82) is 0 Å². The van der Waals surface area contributed by atoms with Gasteiger partial charge in [-0.1, -0.05) is 53.2 Å². The van der Waals surface area contributed by atoms with Crippen molar-refractivity contribution in [3.05, 3.63) is 106 Å². The normalized spacial score (nSPS) is 16.0. The van der Waals surface area contributed by atoms with Crippen LogP contribution in [0.1, 0.15) is 41.1 Å². The summed E-state index contributed by atoms with van der Waals surface area (Å²) in [6.07, 6.45) is 0. The molecule has 1 unspecified atom stereocenters. The van der Waals surface area contributed by atoms with Gasteiger partial charge in [0.05, 0.1) is 17.3 Å². The van der Waals surface area contributed by atoms with Gasteiger partial charge in [-0.05, 0) is 80.9 Å². The van der Waals surface area contributed by atoms with E-state index in [-0.39, 0.29) is 11.9 Å². The number of benzene rings is 3. The second kappa shape index (κ2) is 9.07. The summed E-state index contributed by atoms with van der Waals surface area (Å²) in [4.78, 5) is 6.57. The predicted molar refractivity (Wildman–Crippen MR) is 140 cm³/mol. The summed E-state index contributed by atoms with van der Waals surface area (Å²) >= 11 is 5.76. The maximum absolute atomic E-state index is 14.1. The van der Waals surface area contributed by atoms with Gasteiger partial charge in [0.1, 0.15) is 5.82 Å². The summed E-state index contributed by atoms with van der Waals surface area (Å²) in [7, 11) is 0. The lowest BCUT2D eigenvalue weighted by Gasteiger charge is -2.37. The van der Waals surface area contributed by atoms with Crippen LogP contribution in [-0.2, 0) is 0 Å². The number of aromatic nitrogens is 2. The smallest absolute Gasteiger partial charge is 0.258 e. The van der Waals surface area contributed by atoms with E-state index in [9.17, 15) is 4.39 Å². The summed E-state index contributed by atoms with van der Waals surface area (Å²) in [5.74, 6) is 0.558. The van der Waals surface area contributed by atoms with Crippen molar-refractivity contribution >= 4 is 28.6 Å². The molecule has 5 nitrogen and oxygen atoms in total. The van der Waals surface area contributed by atoms with E-state index in [0.29, 0.717) is 22.5 Å². The van der Waals surface area contributed by atoms with Gasteiger partial charge >= 0.3 is 0 Å². The SMILES string of the molecule is CC1=C(c2nc(-c3cccc(C)c3)no2)C(c2ccc(C)c(C)c2)NC(=S)N1c1cccc(F)c1. The molecule has 5 rings (SSSR count). The summed E-state index contributed by atoms with van der Waals surface area (Å²) in [5, 5.41) is 8.17. The first-order valence-electron chi connectivity index (χ1n) is 11.4. The van der Waals surface area contributed by atoms with Crippen LogP contribution in [0, 0.1) is 26.6 Å². The van der Waals surface area contributed by atoms with Gasteiger partial charge in [0.15, 0.2) is 5.11 Å². The Morgan fingerprint density at radius 1 is 0.943 bits per heavy atom. The zero-order chi connectivity index (χ0) is 24.7. The topological polar surface area (TPSA) is 54.2 Å². The third-order valence-electron chi connectivity index (χ3n) is 6.35. The zero-order valence-electron chi connectivity index (χ0n) is 20.0. The molecule has 0 bridgehead atoms. The van der Waals surface area contributed by atoms with Crippen LogP contribution in [0.5, 0.6) is 0 Å². The Bertz CT molecular complexity index is 1480. The number of allylic oxidation sites excluding steroid dienone is 1. The highest BCUT2D eigenvalue weighted by molar-refractivity contribution is 7.80. The summed E-state index contributed by atoms with van der Waals surface area (Å²) < 4.78 is 19.9. The third kappa shape index (κ3) is 4.35. The maximum Gasteiger partial charge on any atom is 0.258 e. The van der Waals surface area contributed by atoms with Crippen molar-refractivity contribution in [3.8, 4) is 11.4 Å². The number of rotatable bonds is 4. The fourth-order valence-corrected chi connectivity index (χ4v) is 4.73. The van der Waals surface area contributed by atoms with Crippen LogP contribution in [0.25, 0.3) is 17.0 Å². The van der Waals surface area contributed by atoms with Gasteiger partial charge in [-0.3, -0.25) is 4.90 Å². The van der Waals surface area contributed by atoms with Crippen molar-refractivity contribution < 1.29 is 8.91 Å². The van der Waals surface area contributed by atoms with E-state index in [2.05, 4.69) is 42.5 Å². The van der Waals surface area contributed by atoms with E-state index in [0.717, 1.165) is 28.0 Å². The van der Waals surface area contributed by atoms with Crippen LogP contribution in [0.3, 0.4) is 0 Å². The quantitative estimate of drug-likeness (QED) is 0.327. The van der Waals surface area contributed by atoms with E-state index in [1.54, 1.807) is 6.07 Å². The lowest BCUT2D eigenvalue weighted by Crippen LogP contribution is -2.46. The van der Waals surface area contributed by atoms with Crippen LogP contribution in [0.15, 0.2) is 77.0 Å². The second-order valence-electron chi connectivity index (χ2n) is 8.83. The maximum atomic E-state index is 14.1. The Kier molecular flexibility index (Phi) is 5.94. The predicted octanol–water partition coefficient (Wildman–Crippen LogP) is 6.67. The molecule has 35 heavy (non-hydrogen) atoms. The number of halogens is 1. The Hall–Kier alpha value is -3.84. The average Bonchev–Trinajstić information content (AvgIpc) is 3.30. The molecule has 2 heterocycles. The first kappa shape index (κ1) is 22.9. The zero-order valence-corrected chi connectivity index (χ0v) is 20.8. The number of nitrogens with one attached hydrogen (secondary N) is 1. The number of anilines is 1. The molecule has 7 heteroatoms. The minimum atomic E-state index is -0.338. The summed E-state index contributed by atoms with van der Waals surface area (Å²) in [6.45, 7) is 8.13. The lowest BCUT2D eigenvalue weighted by atomic mass is 9.92. The minimum Gasteiger partial charge on any atom is -0.351 e. The fraction of sp³-hybridized carbons (Fsp3) is 0.179. The molecular formula is C28H25FN4OS. The molecule has 0 spiro atoms. The molecule has 0 fully saturated rings. The van der Waals surface area contributed by atoms with Gasteiger partial charge in [-0.2, -0.15) is 4.98 Å². The van der Waals surface area contributed by atoms with E-state index in [1.165, 1.54) is 23.3 Å². The van der Waals surface area contributed by atoms with Gasteiger partial charge in [0.25, 0.3) is 5.89 Å². The molecule has 0 aliphatic carbocycles. The highest BCUT2D eigenvalue weighted by atomic mass is 32.1. The molecule has 1 aromatic heterocycles. The fourth-order valence-electron chi connectivity index (χ4n) is 4.37.